The molecule has 0 atom stereocenters. The Morgan fingerprint density at radius 3 is 2.62 bits per heavy atom. The fourth-order valence-electron chi connectivity index (χ4n) is 2.11. The van der Waals surface area contributed by atoms with Crippen molar-refractivity contribution in [2.75, 3.05) is 18.8 Å². The zero-order valence-corrected chi connectivity index (χ0v) is 12.7. The minimum atomic E-state index is -2.68. The van der Waals surface area contributed by atoms with E-state index in [2.05, 4.69) is 4.98 Å². The van der Waals surface area contributed by atoms with Crippen LogP contribution >= 0.6 is 11.8 Å². The average molecular weight is 313 g/mol. The van der Waals surface area contributed by atoms with Gasteiger partial charge in [0.25, 0.3) is 0 Å². The number of hydrogen-bond donors (Lipinski definition) is 0. The van der Waals surface area contributed by atoms with Gasteiger partial charge in [-0.2, -0.15) is 8.78 Å². The van der Waals surface area contributed by atoms with Gasteiger partial charge in [-0.05, 0) is 26.0 Å². The highest BCUT2D eigenvalue weighted by Gasteiger charge is 2.19. The Labute approximate surface area is 126 Å². The van der Waals surface area contributed by atoms with Crippen LogP contribution < -0.4 is 0 Å². The summed E-state index contributed by atoms with van der Waals surface area (Å²) < 4.78 is 27.3. The van der Waals surface area contributed by atoms with E-state index in [0.717, 1.165) is 16.3 Å². The van der Waals surface area contributed by atoms with Crippen LogP contribution in [0.25, 0.3) is 11.0 Å². The Bertz CT molecular complexity index is 626. The third kappa shape index (κ3) is 3.34. The molecule has 1 aromatic heterocycles. The van der Waals surface area contributed by atoms with Gasteiger partial charge in [-0.1, -0.05) is 23.9 Å². The van der Waals surface area contributed by atoms with Crippen LogP contribution in [0.5, 0.6) is 0 Å². The van der Waals surface area contributed by atoms with Gasteiger partial charge in [0.2, 0.25) is 5.91 Å². The SMILES string of the molecule is CCN(CC)C(=O)CSc1nc2ccccc2n1C(F)F. The first kappa shape index (κ1) is 15.8. The van der Waals surface area contributed by atoms with Crippen molar-refractivity contribution in [3.8, 4) is 0 Å². The van der Waals surface area contributed by atoms with Crippen LogP contribution in [0.4, 0.5) is 8.78 Å². The number of benzene rings is 1. The molecule has 2 aromatic rings. The molecule has 2 rings (SSSR count). The summed E-state index contributed by atoms with van der Waals surface area (Å²) in [6.45, 7) is 2.33. The Morgan fingerprint density at radius 2 is 2.00 bits per heavy atom. The number of fused-ring (bicyclic) bond motifs is 1. The van der Waals surface area contributed by atoms with Crippen LogP contribution in [0.2, 0.25) is 0 Å². The van der Waals surface area contributed by atoms with Gasteiger partial charge in [-0.25, -0.2) is 4.98 Å². The van der Waals surface area contributed by atoms with Crippen molar-refractivity contribution in [1.82, 2.24) is 14.5 Å². The van der Waals surface area contributed by atoms with E-state index in [4.69, 9.17) is 0 Å². The molecule has 114 valence electrons. The number of para-hydroxylation sites is 2. The highest BCUT2D eigenvalue weighted by Crippen LogP contribution is 2.29. The molecule has 21 heavy (non-hydrogen) atoms. The van der Waals surface area contributed by atoms with E-state index in [1.165, 1.54) is 0 Å². The zero-order valence-electron chi connectivity index (χ0n) is 11.9. The summed E-state index contributed by atoms with van der Waals surface area (Å²) in [6, 6.07) is 6.73. The maximum Gasteiger partial charge on any atom is 0.321 e. The lowest BCUT2D eigenvalue weighted by Crippen LogP contribution is -2.31. The van der Waals surface area contributed by atoms with Gasteiger partial charge in [0, 0.05) is 13.1 Å². The maximum atomic E-state index is 13.2. The minimum absolute atomic E-state index is 0.0714. The number of alkyl halides is 2. The number of rotatable bonds is 6. The molecule has 0 aliphatic heterocycles. The number of imidazole rings is 1. The number of amides is 1. The summed E-state index contributed by atoms with van der Waals surface area (Å²) in [6.07, 6.45) is 0. The van der Waals surface area contributed by atoms with Crippen molar-refractivity contribution in [2.24, 2.45) is 0 Å². The topological polar surface area (TPSA) is 38.1 Å². The van der Waals surface area contributed by atoms with E-state index >= 15 is 0 Å². The number of carbonyl (C=O) groups excluding carboxylic acids is 1. The van der Waals surface area contributed by atoms with Gasteiger partial charge in [0.05, 0.1) is 16.8 Å². The number of carbonyl (C=O) groups is 1. The molecule has 0 aliphatic carbocycles. The van der Waals surface area contributed by atoms with Crippen molar-refractivity contribution in [3.05, 3.63) is 24.3 Å². The molecule has 0 saturated carbocycles. The average Bonchev–Trinajstić information content (AvgIpc) is 2.84. The van der Waals surface area contributed by atoms with E-state index in [0.29, 0.717) is 24.1 Å². The first-order valence-electron chi connectivity index (χ1n) is 6.74. The molecule has 1 aromatic carbocycles. The lowest BCUT2D eigenvalue weighted by Gasteiger charge is -2.18. The summed E-state index contributed by atoms with van der Waals surface area (Å²) in [5.41, 5.74) is 0.890. The molecule has 1 amide bonds. The monoisotopic (exact) mass is 313 g/mol. The van der Waals surface area contributed by atoms with Crippen molar-refractivity contribution in [3.63, 3.8) is 0 Å². The standard InChI is InChI=1S/C14H17F2N3OS/c1-3-18(4-2)12(20)9-21-14-17-10-7-5-6-8-11(10)19(14)13(15)16/h5-8,13H,3-4,9H2,1-2H3. The quantitative estimate of drug-likeness (QED) is 0.767. The molecule has 0 unspecified atom stereocenters. The molecule has 0 spiro atoms. The molecule has 0 N–H and O–H groups in total. The predicted molar refractivity (Wildman–Crippen MR) is 79.6 cm³/mol. The lowest BCUT2D eigenvalue weighted by molar-refractivity contribution is -0.127. The predicted octanol–water partition coefficient (Wildman–Crippen LogP) is 3.39. The Morgan fingerprint density at radius 1 is 1.33 bits per heavy atom. The smallest absolute Gasteiger partial charge is 0.321 e. The number of aromatic nitrogens is 2. The Kier molecular flexibility index (Phi) is 5.17. The fraction of sp³-hybridized carbons (Fsp3) is 0.429. The summed E-state index contributed by atoms with van der Waals surface area (Å²) in [7, 11) is 0. The van der Waals surface area contributed by atoms with Crippen LogP contribution in [0.1, 0.15) is 20.4 Å². The number of nitrogens with zero attached hydrogens (tertiary/aromatic N) is 3. The first-order valence-corrected chi connectivity index (χ1v) is 7.72. The van der Waals surface area contributed by atoms with E-state index < -0.39 is 6.55 Å². The van der Waals surface area contributed by atoms with E-state index in [1.807, 2.05) is 13.8 Å². The van der Waals surface area contributed by atoms with Crippen LogP contribution in [-0.2, 0) is 4.79 Å². The van der Waals surface area contributed by atoms with E-state index in [-0.39, 0.29) is 16.8 Å². The number of hydrogen-bond acceptors (Lipinski definition) is 3. The molecule has 1 heterocycles. The first-order chi connectivity index (χ1) is 10.1. The van der Waals surface area contributed by atoms with Crippen molar-refractivity contribution in [2.45, 2.75) is 25.6 Å². The maximum absolute atomic E-state index is 13.2. The van der Waals surface area contributed by atoms with Crippen molar-refractivity contribution in [1.29, 1.82) is 0 Å². The normalized spacial score (nSPS) is 11.3. The number of thioether (sulfide) groups is 1. The van der Waals surface area contributed by atoms with E-state index in [9.17, 15) is 13.6 Å². The Hall–Kier alpha value is -1.63. The van der Waals surface area contributed by atoms with E-state index in [1.54, 1.807) is 29.2 Å². The molecular weight excluding hydrogens is 296 g/mol. The highest BCUT2D eigenvalue weighted by molar-refractivity contribution is 7.99. The van der Waals surface area contributed by atoms with Crippen molar-refractivity contribution < 1.29 is 13.6 Å². The van der Waals surface area contributed by atoms with Crippen LogP contribution in [0.3, 0.4) is 0 Å². The molecule has 0 bridgehead atoms. The fourth-order valence-corrected chi connectivity index (χ4v) is 3.02. The summed E-state index contributed by atoms with van der Waals surface area (Å²) in [5.74, 6) is 0.0374. The van der Waals surface area contributed by atoms with Crippen LogP contribution in [0, 0.1) is 0 Å². The van der Waals surface area contributed by atoms with Crippen molar-refractivity contribution >= 4 is 28.7 Å². The van der Waals surface area contributed by atoms with Gasteiger partial charge in [-0.3, -0.25) is 9.36 Å². The summed E-state index contributed by atoms with van der Waals surface area (Å²) >= 11 is 1.05. The third-order valence-electron chi connectivity index (χ3n) is 3.20. The second-order valence-corrected chi connectivity index (χ2v) is 5.33. The number of halogens is 2. The molecule has 0 radical (unpaired) electrons. The van der Waals surface area contributed by atoms with Crippen LogP contribution in [0.15, 0.2) is 29.4 Å². The largest absolute Gasteiger partial charge is 0.343 e. The second-order valence-electron chi connectivity index (χ2n) is 4.39. The molecule has 0 aliphatic rings. The van der Waals surface area contributed by atoms with Gasteiger partial charge in [0.1, 0.15) is 0 Å². The summed E-state index contributed by atoms with van der Waals surface area (Å²) in [5, 5.41) is 0.173. The van der Waals surface area contributed by atoms with Crippen LogP contribution in [-0.4, -0.2) is 39.2 Å². The van der Waals surface area contributed by atoms with Gasteiger partial charge in [0.15, 0.2) is 5.16 Å². The van der Waals surface area contributed by atoms with Gasteiger partial charge in [-0.15, -0.1) is 0 Å². The Balaban J connectivity index is 2.22. The molecule has 0 saturated heterocycles. The highest BCUT2D eigenvalue weighted by atomic mass is 32.2. The minimum Gasteiger partial charge on any atom is -0.343 e. The molecule has 7 heteroatoms. The summed E-state index contributed by atoms with van der Waals surface area (Å²) in [4.78, 5) is 17.8. The van der Waals surface area contributed by atoms with Gasteiger partial charge < -0.3 is 4.90 Å². The molecular formula is C14H17F2N3OS. The lowest BCUT2D eigenvalue weighted by atomic mass is 10.3. The van der Waals surface area contributed by atoms with Gasteiger partial charge >= 0.3 is 6.55 Å². The third-order valence-corrected chi connectivity index (χ3v) is 4.14. The molecule has 4 nitrogen and oxygen atoms in total. The molecule has 0 fully saturated rings. The second kappa shape index (κ2) is 6.89. The zero-order chi connectivity index (χ0) is 15.4.